The summed E-state index contributed by atoms with van der Waals surface area (Å²) in [7, 11) is 1.56. The third-order valence-corrected chi connectivity index (χ3v) is 5.32. The van der Waals surface area contributed by atoms with Gasteiger partial charge in [0.25, 0.3) is 0 Å². The van der Waals surface area contributed by atoms with Gasteiger partial charge in [0.05, 0.1) is 12.8 Å². The van der Waals surface area contributed by atoms with Gasteiger partial charge in [-0.3, -0.25) is 14.5 Å². The molecular formula is C21H20FN3O3S. The lowest BCUT2D eigenvalue weighted by Gasteiger charge is -2.31. The van der Waals surface area contributed by atoms with Gasteiger partial charge in [-0.25, -0.2) is 9.38 Å². The second kappa shape index (κ2) is 9.38. The Balaban J connectivity index is 1.83. The Morgan fingerprint density at radius 2 is 2.14 bits per heavy atom. The van der Waals surface area contributed by atoms with Crippen LogP contribution in [-0.2, 0) is 9.59 Å². The number of aliphatic imine (C=N–C) groups is 1. The van der Waals surface area contributed by atoms with Crippen molar-refractivity contribution in [1.82, 2.24) is 4.90 Å². The van der Waals surface area contributed by atoms with Crippen molar-refractivity contribution in [3.05, 3.63) is 67.0 Å². The lowest BCUT2D eigenvalue weighted by molar-refractivity contribution is -0.129. The molecule has 0 unspecified atom stereocenters. The fourth-order valence-electron chi connectivity index (χ4n) is 2.70. The molecule has 0 radical (unpaired) electrons. The molecule has 0 bridgehead atoms. The number of halogens is 1. The van der Waals surface area contributed by atoms with Crippen molar-refractivity contribution in [2.45, 2.75) is 11.7 Å². The van der Waals surface area contributed by atoms with E-state index in [1.54, 1.807) is 37.5 Å². The van der Waals surface area contributed by atoms with Crippen molar-refractivity contribution >= 4 is 40.1 Å². The Bertz CT molecular complexity index is 946. The van der Waals surface area contributed by atoms with Gasteiger partial charge in [0.1, 0.15) is 16.8 Å². The average Bonchev–Trinajstić information content (AvgIpc) is 2.72. The molecule has 0 spiro atoms. The molecule has 6 nitrogen and oxygen atoms in total. The number of nitrogens with one attached hydrogen (secondary N) is 1. The van der Waals surface area contributed by atoms with E-state index in [1.165, 1.54) is 40.9 Å². The van der Waals surface area contributed by atoms with Gasteiger partial charge in [0, 0.05) is 24.7 Å². The highest BCUT2D eigenvalue weighted by molar-refractivity contribution is 8.15. The van der Waals surface area contributed by atoms with Crippen LogP contribution in [0.4, 0.5) is 15.8 Å². The van der Waals surface area contributed by atoms with Crippen LogP contribution in [0, 0.1) is 5.82 Å². The van der Waals surface area contributed by atoms with Gasteiger partial charge in [-0.1, -0.05) is 23.9 Å². The van der Waals surface area contributed by atoms with E-state index in [-0.39, 0.29) is 18.2 Å². The predicted octanol–water partition coefficient (Wildman–Crippen LogP) is 3.98. The van der Waals surface area contributed by atoms with Crippen LogP contribution in [0.2, 0.25) is 0 Å². The topological polar surface area (TPSA) is 71.0 Å². The molecule has 1 atom stereocenters. The van der Waals surface area contributed by atoms with Crippen molar-refractivity contribution in [2.24, 2.45) is 4.99 Å². The number of anilines is 1. The summed E-state index contributed by atoms with van der Waals surface area (Å²) in [6, 6.07) is 12.6. The summed E-state index contributed by atoms with van der Waals surface area (Å²) in [6.07, 6.45) is 1.64. The molecule has 8 heteroatoms. The second-order valence-corrected chi connectivity index (χ2v) is 7.37. The maximum atomic E-state index is 13.1. The first-order valence-electron chi connectivity index (χ1n) is 8.87. The van der Waals surface area contributed by atoms with Crippen molar-refractivity contribution < 1.29 is 18.7 Å². The zero-order chi connectivity index (χ0) is 20.8. The van der Waals surface area contributed by atoms with Gasteiger partial charge in [0.15, 0.2) is 5.17 Å². The van der Waals surface area contributed by atoms with Crippen LogP contribution in [-0.4, -0.2) is 40.8 Å². The monoisotopic (exact) mass is 413 g/mol. The normalized spacial score (nSPS) is 17.9. The van der Waals surface area contributed by atoms with E-state index in [0.29, 0.717) is 28.8 Å². The fraction of sp³-hybridized carbons (Fsp3) is 0.190. The number of rotatable bonds is 6. The number of nitrogens with zero attached hydrogens (tertiary/aromatic N) is 2. The van der Waals surface area contributed by atoms with E-state index in [0.717, 1.165) is 0 Å². The van der Waals surface area contributed by atoms with E-state index in [9.17, 15) is 14.0 Å². The SMILES string of the molecule is C=CCN1C(=O)C[C@@H](C(=O)Nc2ccc(F)cc2)SC1=Nc1cccc(OC)c1. The second-order valence-electron chi connectivity index (χ2n) is 6.20. The summed E-state index contributed by atoms with van der Waals surface area (Å²) in [5.41, 5.74) is 1.07. The Morgan fingerprint density at radius 3 is 2.83 bits per heavy atom. The maximum absolute atomic E-state index is 13.1. The summed E-state index contributed by atoms with van der Waals surface area (Å²) in [6.45, 7) is 3.98. The van der Waals surface area contributed by atoms with Crippen LogP contribution >= 0.6 is 11.8 Å². The minimum Gasteiger partial charge on any atom is -0.497 e. The molecule has 150 valence electrons. The molecule has 2 aromatic rings. The summed E-state index contributed by atoms with van der Waals surface area (Å²) in [5.74, 6) is -0.311. The molecule has 3 rings (SSSR count). The molecule has 1 aliphatic rings. The maximum Gasteiger partial charge on any atom is 0.238 e. The van der Waals surface area contributed by atoms with E-state index >= 15 is 0 Å². The number of benzene rings is 2. The van der Waals surface area contributed by atoms with Crippen LogP contribution < -0.4 is 10.1 Å². The summed E-state index contributed by atoms with van der Waals surface area (Å²) in [4.78, 5) is 31.4. The number of amides is 2. The van der Waals surface area contributed by atoms with Gasteiger partial charge in [-0.2, -0.15) is 0 Å². The molecule has 1 aliphatic heterocycles. The molecule has 0 aliphatic carbocycles. The Kier molecular flexibility index (Phi) is 6.66. The molecular weight excluding hydrogens is 393 g/mol. The van der Waals surface area contributed by atoms with E-state index in [1.807, 2.05) is 0 Å². The highest BCUT2D eigenvalue weighted by atomic mass is 32.2. The number of thioether (sulfide) groups is 1. The number of hydrogen-bond donors (Lipinski definition) is 1. The smallest absolute Gasteiger partial charge is 0.238 e. The molecule has 1 N–H and O–H groups in total. The van der Waals surface area contributed by atoms with E-state index in [4.69, 9.17) is 4.74 Å². The largest absolute Gasteiger partial charge is 0.497 e. The van der Waals surface area contributed by atoms with Crippen LogP contribution in [0.3, 0.4) is 0 Å². The first kappa shape index (κ1) is 20.6. The van der Waals surface area contributed by atoms with Crippen LogP contribution in [0.25, 0.3) is 0 Å². The molecule has 29 heavy (non-hydrogen) atoms. The Labute approximate surface area is 172 Å². The number of methoxy groups -OCH3 is 1. The van der Waals surface area contributed by atoms with Crippen LogP contribution in [0.5, 0.6) is 5.75 Å². The molecule has 2 amide bonds. The number of amidine groups is 1. The van der Waals surface area contributed by atoms with Crippen molar-refractivity contribution in [1.29, 1.82) is 0 Å². The fourth-order valence-corrected chi connectivity index (χ4v) is 3.80. The zero-order valence-corrected chi connectivity index (χ0v) is 16.6. The molecule has 1 saturated heterocycles. The van der Waals surface area contributed by atoms with Gasteiger partial charge in [-0.15, -0.1) is 6.58 Å². The summed E-state index contributed by atoms with van der Waals surface area (Å²) >= 11 is 1.20. The molecule has 1 heterocycles. The highest BCUT2D eigenvalue weighted by Gasteiger charge is 2.35. The van der Waals surface area contributed by atoms with Crippen molar-refractivity contribution in [3.8, 4) is 5.75 Å². The zero-order valence-electron chi connectivity index (χ0n) is 15.8. The molecule has 1 fully saturated rings. The van der Waals surface area contributed by atoms with Gasteiger partial charge in [-0.05, 0) is 36.4 Å². The minimum atomic E-state index is -0.655. The first-order chi connectivity index (χ1) is 14.0. The predicted molar refractivity (Wildman–Crippen MR) is 113 cm³/mol. The summed E-state index contributed by atoms with van der Waals surface area (Å²) < 4.78 is 18.3. The minimum absolute atomic E-state index is 0.0304. The Hall–Kier alpha value is -3.13. The van der Waals surface area contributed by atoms with Crippen LogP contribution in [0.15, 0.2) is 66.2 Å². The number of ether oxygens (including phenoxy) is 1. The number of carbonyl (C=O) groups excluding carboxylic acids is 2. The first-order valence-corrected chi connectivity index (χ1v) is 9.75. The molecule has 0 aromatic heterocycles. The number of hydrogen-bond acceptors (Lipinski definition) is 5. The molecule has 0 saturated carbocycles. The lowest BCUT2D eigenvalue weighted by Crippen LogP contribution is -2.45. The lowest BCUT2D eigenvalue weighted by atomic mass is 10.2. The van der Waals surface area contributed by atoms with Gasteiger partial charge >= 0.3 is 0 Å². The van der Waals surface area contributed by atoms with Gasteiger partial charge in [0.2, 0.25) is 11.8 Å². The van der Waals surface area contributed by atoms with Crippen LogP contribution in [0.1, 0.15) is 6.42 Å². The average molecular weight is 413 g/mol. The highest BCUT2D eigenvalue weighted by Crippen LogP contribution is 2.30. The summed E-state index contributed by atoms with van der Waals surface area (Å²) in [5, 5.41) is 2.47. The molecule has 2 aromatic carbocycles. The number of carbonyl (C=O) groups is 2. The van der Waals surface area contributed by atoms with E-state index < -0.39 is 11.1 Å². The Morgan fingerprint density at radius 1 is 1.38 bits per heavy atom. The van der Waals surface area contributed by atoms with Crippen molar-refractivity contribution in [3.63, 3.8) is 0 Å². The third-order valence-electron chi connectivity index (χ3n) is 4.13. The van der Waals surface area contributed by atoms with Crippen molar-refractivity contribution in [2.75, 3.05) is 19.0 Å². The quantitative estimate of drug-likeness (QED) is 0.727. The standard InChI is InChI=1S/C21H20FN3O3S/c1-3-11-25-19(26)13-18(20(27)23-15-9-7-14(22)8-10-15)29-21(25)24-16-5-4-6-17(12-16)28-2/h3-10,12,18H,1,11,13H2,2H3,(H,23,27)/t18-/m0/s1. The van der Waals surface area contributed by atoms with E-state index in [2.05, 4.69) is 16.9 Å². The third kappa shape index (κ3) is 5.23. The van der Waals surface area contributed by atoms with Gasteiger partial charge < -0.3 is 10.1 Å².